The Morgan fingerprint density at radius 3 is 2.48 bits per heavy atom. The van der Waals surface area contributed by atoms with Crippen LogP contribution < -0.4 is 4.72 Å². The second kappa shape index (κ2) is 12.4. The molecule has 0 bridgehead atoms. The number of carbonyl (C=O) groups is 1. The van der Waals surface area contributed by atoms with Crippen LogP contribution >= 0.6 is 22.9 Å². The van der Waals surface area contributed by atoms with Crippen LogP contribution in [0.4, 0.5) is 14.9 Å². The number of carbonyl (C=O) groups excluding carboxylic acids is 1. The molecule has 1 saturated heterocycles. The average Bonchev–Trinajstić information content (AvgIpc) is 3.35. The van der Waals surface area contributed by atoms with Gasteiger partial charge in [0.15, 0.2) is 5.82 Å². The van der Waals surface area contributed by atoms with Gasteiger partial charge in [0, 0.05) is 30.3 Å². The van der Waals surface area contributed by atoms with Crippen molar-refractivity contribution in [2.24, 2.45) is 5.92 Å². The number of halogens is 2. The minimum Gasteiger partial charge on any atom is -0.444 e. The molecule has 1 N–H and O–H groups in total. The molecule has 0 aliphatic carbocycles. The van der Waals surface area contributed by atoms with Gasteiger partial charge in [-0.2, -0.15) is 0 Å². The van der Waals surface area contributed by atoms with E-state index in [1.807, 2.05) is 20.8 Å². The standard InChI is InChI=1S/C29H37ClFN5O4S2/c1-7-17-42(38,39)35-20-10-8-9-19(22(20)31)23-24(21-11-14-32-26(30)33-21)41-25(34-23)29(5,6)18-12-15-36(16-13-18)27(37)40-28(2,3)4/h8-11,14,18,35H,7,12-13,15-17H2,1-6H3. The maximum Gasteiger partial charge on any atom is 0.410 e. The van der Waals surface area contributed by atoms with Gasteiger partial charge in [-0.05, 0) is 75.8 Å². The number of nitrogens with one attached hydrogen (secondary N) is 1. The van der Waals surface area contributed by atoms with E-state index in [2.05, 4.69) is 28.5 Å². The summed E-state index contributed by atoms with van der Waals surface area (Å²) in [4.78, 5) is 28.2. The van der Waals surface area contributed by atoms with Crippen molar-refractivity contribution in [2.75, 3.05) is 23.6 Å². The fourth-order valence-electron chi connectivity index (χ4n) is 4.98. The van der Waals surface area contributed by atoms with Crippen molar-refractivity contribution in [1.82, 2.24) is 19.9 Å². The second-order valence-corrected chi connectivity index (χ2v) is 15.1. The third-order valence-electron chi connectivity index (χ3n) is 7.20. The summed E-state index contributed by atoms with van der Waals surface area (Å²) in [7, 11) is -3.71. The molecule has 2 aromatic heterocycles. The Balaban J connectivity index is 1.70. The van der Waals surface area contributed by atoms with Gasteiger partial charge in [-0.15, -0.1) is 11.3 Å². The van der Waals surface area contributed by atoms with Gasteiger partial charge < -0.3 is 9.64 Å². The van der Waals surface area contributed by atoms with E-state index < -0.39 is 26.9 Å². The van der Waals surface area contributed by atoms with Crippen molar-refractivity contribution in [3.63, 3.8) is 0 Å². The number of amides is 1. The van der Waals surface area contributed by atoms with E-state index in [1.54, 1.807) is 30.0 Å². The third kappa shape index (κ3) is 7.38. The van der Waals surface area contributed by atoms with E-state index >= 15 is 4.39 Å². The van der Waals surface area contributed by atoms with Gasteiger partial charge in [0.05, 0.1) is 32.7 Å². The van der Waals surface area contributed by atoms with Crippen LogP contribution in [0.1, 0.15) is 65.8 Å². The smallest absolute Gasteiger partial charge is 0.410 e. The molecular formula is C29H37ClFN5O4S2. The zero-order valence-corrected chi connectivity index (χ0v) is 27.1. The minimum atomic E-state index is -3.71. The van der Waals surface area contributed by atoms with Crippen LogP contribution in [-0.4, -0.2) is 58.8 Å². The van der Waals surface area contributed by atoms with E-state index in [0.717, 1.165) is 17.8 Å². The summed E-state index contributed by atoms with van der Waals surface area (Å²) in [6.45, 7) is 12.6. The second-order valence-electron chi connectivity index (χ2n) is 12.0. The number of piperidine rings is 1. The van der Waals surface area contributed by atoms with Crippen LogP contribution in [0, 0.1) is 11.7 Å². The van der Waals surface area contributed by atoms with Gasteiger partial charge in [-0.3, -0.25) is 4.72 Å². The molecule has 42 heavy (non-hydrogen) atoms. The number of aromatic nitrogens is 3. The first-order valence-electron chi connectivity index (χ1n) is 13.9. The van der Waals surface area contributed by atoms with Crippen LogP contribution in [0.25, 0.3) is 21.8 Å². The van der Waals surface area contributed by atoms with Crippen molar-refractivity contribution < 1.29 is 22.3 Å². The van der Waals surface area contributed by atoms with Gasteiger partial charge in [-0.1, -0.05) is 26.8 Å². The summed E-state index contributed by atoms with van der Waals surface area (Å²) in [5, 5.41) is 0.818. The maximum absolute atomic E-state index is 15.9. The quantitative estimate of drug-likeness (QED) is 0.261. The first kappa shape index (κ1) is 32.1. The Morgan fingerprint density at radius 1 is 1.17 bits per heavy atom. The van der Waals surface area contributed by atoms with E-state index in [9.17, 15) is 13.2 Å². The molecule has 3 aromatic rings. The van der Waals surface area contributed by atoms with Crippen molar-refractivity contribution in [3.05, 3.63) is 46.6 Å². The summed E-state index contributed by atoms with van der Waals surface area (Å²) >= 11 is 7.52. The lowest BCUT2D eigenvalue weighted by molar-refractivity contribution is 0.0154. The molecule has 0 unspecified atom stereocenters. The van der Waals surface area contributed by atoms with Gasteiger partial charge in [0.25, 0.3) is 0 Å². The molecule has 13 heteroatoms. The molecule has 1 aromatic carbocycles. The highest BCUT2D eigenvalue weighted by molar-refractivity contribution is 7.92. The first-order valence-corrected chi connectivity index (χ1v) is 16.7. The van der Waals surface area contributed by atoms with E-state index in [-0.39, 0.29) is 34.3 Å². The molecule has 0 saturated carbocycles. The predicted octanol–water partition coefficient (Wildman–Crippen LogP) is 7.14. The Bertz CT molecular complexity index is 1550. The van der Waals surface area contributed by atoms with Crippen LogP contribution in [0.2, 0.25) is 5.28 Å². The Hall–Kier alpha value is -2.83. The molecular weight excluding hydrogens is 601 g/mol. The average molecular weight is 638 g/mol. The highest BCUT2D eigenvalue weighted by atomic mass is 35.5. The fourth-order valence-corrected chi connectivity index (χ4v) is 7.49. The fraction of sp³-hybridized carbons (Fsp3) is 0.517. The third-order valence-corrected chi connectivity index (χ3v) is 10.3. The Labute approximate surface area is 255 Å². The van der Waals surface area contributed by atoms with Crippen LogP contribution in [0.3, 0.4) is 0 Å². The number of anilines is 1. The molecule has 0 atom stereocenters. The monoisotopic (exact) mass is 637 g/mol. The number of hydrogen-bond donors (Lipinski definition) is 1. The molecule has 9 nitrogen and oxygen atoms in total. The van der Waals surface area contributed by atoms with E-state index in [4.69, 9.17) is 21.3 Å². The molecule has 0 spiro atoms. The number of ether oxygens (including phenoxy) is 1. The summed E-state index contributed by atoms with van der Waals surface area (Å²) in [5.41, 5.74) is -0.151. The van der Waals surface area contributed by atoms with Gasteiger partial charge in [0.2, 0.25) is 15.3 Å². The topological polar surface area (TPSA) is 114 Å². The molecule has 1 fully saturated rings. The number of nitrogens with zero attached hydrogens (tertiary/aromatic N) is 4. The molecule has 1 aliphatic rings. The molecule has 0 radical (unpaired) electrons. The van der Waals surface area contributed by atoms with E-state index in [0.29, 0.717) is 35.8 Å². The zero-order chi connectivity index (χ0) is 30.9. The van der Waals surface area contributed by atoms with Crippen LogP contribution in [0.15, 0.2) is 30.5 Å². The van der Waals surface area contributed by atoms with Crippen molar-refractivity contribution >= 4 is 44.7 Å². The normalized spacial score (nSPS) is 15.1. The number of rotatable bonds is 8. The summed E-state index contributed by atoms with van der Waals surface area (Å²) in [6, 6.07) is 6.24. The number of likely N-dealkylation sites (tertiary alicyclic amines) is 1. The SMILES string of the molecule is CCCS(=O)(=O)Nc1cccc(-c2nc(C(C)(C)C3CCN(C(=O)OC(C)(C)C)CC3)sc2-c2ccnc(Cl)n2)c1F. The van der Waals surface area contributed by atoms with Gasteiger partial charge in [0.1, 0.15) is 5.60 Å². The summed E-state index contributed by atoms with van der Waals surface area (Å²) < 4.78 is 48.7. The van der Waals surface area contributed by atoms with Crippen LogP contribution in [0.5, 0.6) is 0 Å². The highest BCUT2D eigenvalue weighted by Crippen LogP contribution is 2.46. The van der Waals surface area contributed by atoms with E-state index in [1.165, 1.54) is 23.6 Å². The first-order chi connectivity index (χ1) is 19.6. The minimum absolute atomic E-state index is 0.0451. The van der Waals surface area contributed by atoms with Crippen molar-refractivity contribution in [3.8, 4) is 21.8 Å². The molecule has 228 valence electrons. The summed E-state index contributed by atoms with van der Waals surface area (Å²) in [5.74, 6) is -0.656. The van der Waals surface area contributed by atoms with Gasteiger partial charge in [-0.25, -0.2) is 32.6 Å². The predicted molar refractivity (Wildman–Crippen MR) is 165 cm³/mol. The van der Waals surface area contributed by atoms with Gasteiger partial charge >= 0.3 is 6.09 Å². The lowest BCUT2D eigenvalue weighted by Gasteiger charge is -2.40. The molecule has 3 heterocycles. The number of thiazole rings is 1. The maximum atomic E-state index is 15.9. The molecule has 4 rings (SSSR count). The van der Waals surface area contributed by atoms with Crippen molar-refractivity contribution in [1.29, 1.82) is 0 Å². The lowest BCUT2D eigenvalue weighted by Crippen LogP contribution is -2.45. The largest absolute Gasteiger partial charge is 0.444 e. The number of sulfonamides is 1. The zero-order valence-electron chi connectivity index (χ0n) is 24.7. The molecule has 1 amide bonds. The Kier molecular flexibility index (Phi) is 9.49. The lowest BCUT2D eigenvalue weighted by atomic mass is 9.74. The Morgan fingerprint density at radius 2 is 1.86 bits per heavy atom. The molecule has 1 aliphatic heterocycles. The summed E-state index contributed by atoms with van der Waals surface area (Å²) in [6.07, 6.45) is 3.11. The number of benzene rings is 1. The number of hydrogen-bond acceptors (Lipinski definition) is 8. The van der Waals surface area contributed by atoms with Crippen molar-refractivity contribution in [2.45, 2.75) is 71.8 Å². The van der Waals surface area contributed by atoms with Crippen LogP contribution in [-0.2, 0) is 20.2 Å². The highest BCUT2D eigenvalue weighted by Gasteiger charge is 2.39.